The molecule has 0 spiro atoms. The molecular formula is C11H11FN2O2. The summed E-state index contributed by atoms with van der Waals surface area (Å²) in [5, 5.41) is 13.0. The number of benzene rings is 1. The lowest BCUT2D eigenvalue weighted by atomic mass is 10.1. The molecule has 84 valence electrons. The lowest BCUT2D eigenvalue weighted by molar-refractivity contribution is -0.110. The standard InChI is InChI=1S/C11H11FN2O2/c12-11-8(7-4-5-7)2-1-3-9(11)14-10(15)6-13-16/h1-3,6-7,16H,4-5H2,(H,14,15)/b13-6-. The van der Waals surface area contributed by atoms with Crippen LogP contribution in [0.25, 0.3) is 0 Å². The van der Waals surface area contributed by atoms with Crippen molar-refractivity contribution in [3.8, 4) is 0 Å². The van der Waals surface area contributed by atoms with Crippen LogP contribution in [0, 0.1) is 5.82 Å². The van der Waals surface area contributed by atoms with E-state index >= 15 is 0 Å². The number of nitrogens with one attached hydrogen (secondary N) is 1. The SMILES string of the molecule is O=C(/C=N\O)Nc1cccc(C2CC2)c1F. The molecule has 4 nitrogen and oxygen atoms in total. The van der Waals surface area contributed by atoms with Crippen LogP contribution >= 0.6 is 0 Å². The average Bonchev–Trinajstić information content (AvgIpc) is 3.05. The molecule has 1 aliphatic carbocycles. The van der Waals surface area contributed by atoms with Crippen molar-refractivity contribution in [2.24, 2.45) is 5.16 Å². The quantitative estimate of drug-likeness (QED) is 0.467. The van der Waals surface area contributed by atoms with Gasteiger partial charge in [0.05, 0.1) is 5.69 Å². The zero-order chi connectivity index (χ0) is 11.5. The van der Waals surface area contributed by atoms with Gasteiger partial charge in [0.1, 0.15) is 12.0 Å². The number of hydrogen-bond acceptors (Lipinski definition) is 3. The predicted molar refractivity (Wildman–Crippen MR) is 57.3 cm³/mol. The van der Waals surface area contributed by atoms with Crippen molar-refractivity contribution in [1.29, 1.82) is 0 Å². The molecule has 2 N–H and O–H groups in total. The summed E-state index contributed by atoms with van der Waals surface area (Å²) in [6, 6.07) is 4.90. The summed E-state index contributed by atoms with van der Waals surface area (Å²) in [6.45, 7) is 0. The largest absolute Gasteiger partial charge is 0.411 e. The molecule has 0 atom stereocenters. The first kappa shape index (κ1) is 10.6. The Morgan fingerprint density at radius 1 is 1.56 bits per heavy atom. The van der Waals surface area contributed by atoms with Crippen molar-refractivity contribution in [1.82, 2.24) is 0 Å². The summed E-state index contributed by atoms with van der Waals surface area (Å²) in [4.78, 5) is 11.1. The minimum Gasteiger partial charge on any atom is -0.411 e. The normalized spacial score (nSPS) is 15.3. The van der Waals surface area contributed by atoms with Crippen LogP contribution < -0.4 is 5.32 Å². The zero-order valence-electron chi connectivity index (χ0n) is 8.48. The van der Waals surface area contributed by atoms with Crippen molar-refractivity contribution in [2.45, 2.75) is 18.8 Å². The molecule has 16 heavy (non-hydrogen) atoms. The first-order valence-electron chi connectivity index (χ1n) is 4.99. The third-order valence-electron chi connectivity index (χ3n) is 2.48. The Labute approximate surface area is 91.8 Å². The number of rotatable bonds is 3. The third kappa shape index (κ3) is 2.18. The molecule has 1 aromatic carbocycles. The van der Waals surface area contributed by atoms with E-state index in [0.29, 0.717) is 11.8 Å². The van der Waals surface area contributed by atoms with Gasteiger partial charge in [-0.05, 0) is 30.4 Å². The summed E-state index contributed by atoms with van der Waals surface area (Å²) in [7, 11) is 0. The lowest BCUT2D eigenvalue weighted by Gasteiger charge is -2.07. The maximum atomic E-state index is 13.8. The van der Waals surface area contributed by atoms with E-state index in [1.165, 1.54) is 6.07 Å². The number of carbonyl (C=O) groups excluding carboxylic acids is 1. The molecule has 0 aliphatic heterocycles. The molecule has 5 heteroatoms. The van der Waals surface area contributed by atoms with Crippen LogP contribution in [0.5, 0.6) is 0 Å². The van der Waals surface area contributed by atoms with Crippen LogP contribution in [0.3, 0.4) is 0 Å². The highest BCUT2D eigenvalue weighted by Gasteiger charge is 2.27. The molecule has 0 bridgehead atoms. The van der Waals surface area contributed by atoms with Crippen molar-refractivity contribution in [3.63, 3.8) is 0 Å². The summed E-state index contributed by atoms with van der Waals surface area (Å²) < 4.78 is 13.8. The molecule has 1 aliphatic rings. The van der Waals surface area contributed by atoms with Crippen LogP contribution in [-0.4, -0.2) is 17.3 Å². The van der Waals surface area contributed by atoms with Gasteiger partial charge in [0, 0.05) is 0 Å². The topological polar surface area (TPSA) is 61.7 Å². The minimum atomic E-state index is -0.658. The molecule has 2 rings (SSSR count). The van der Waals surface area contributed by atoms with Crippen molar-refractivity contribution < 1.29 is 14.4 Å². The molecule has 1 fully saturated rings. The predicted octanol–water partition coefficient (Wildman–Crippen LogP) is 2.10. The molecule has 0 aromatic heterocycles. The van der Waals surface area contributed by atoms with E-state index in [9.17, 15) is 9.18 Å². The van der Waals surface area contributed by atoms with E-state index < -0.39 is 11.7 Å². The third-order valence-corrected chi connectivity index (χ3v) is 2.48. The van der Waals surface area contributed by atoms with Gasteiger partial charge < -0.3 is 10.5 Å². The monoisotopic (exact) mass is 222 g/mol. The summed E-state index contributed by atoms with van der Waals surface area (Å²) in [6.07, 6.45) is 2.67. The Hall–Kier alpha value is -1.91. The number of halogens is 1. The average molecular weight is 222 g/mol. The van der Waals surface area contributed by atoms with E-state index in [4.69, 9.17) is 5.21 Å². The highest BCUT2D eigenvalue weighted by atomic mass is 19.1. The van der Waals surface area contributed by atoms with Crippen molar-refractivity contribution in [2.75, 3.05) is 5.32 Å². The molecule has 0 saturated heterocycles. The zero-order valence-corrected chi connectivity index (χ0v) is 8.48. The van der Waals surface area contributed by atoms with Gasteiger partial charge >= 0.3 is 0 Å². The highest BCUT2D eigenvalue weighted by Crippen LogP contribution is 2.42. The first-order chi connectivity index (χ1) is 7.72. The smallest absolute Gasteiger partial charge is 0.270 e. The molecule has 0 radical (unpaired) electrons. The van der Waals surface area contributed by atoms with Crippen LogP contribution in [0.1, 0.15) is 24.3 Å². The molecular weight excluding hydrogens is 211 g/mol. The highest BCUT2D eigenvalue weighted by molar-refractivity contribution is 6.31. The second-order valence-electron chi connectivity index (χ2n) is 3.72. The Morgan fingerprint density at radius 2 is 2.31 bits per heavy atom. The van der Waals surface area contributed by atoms with Gasteiger partial charge in [-0.1, -0.05) is 17.3 Å². The lowest BCUT2D eigenvalue weighted by Crippen LogP contribution is -2.14. The molecule has 1 amide bonds. The second kappa shape index (κ2) is 4.30. The van der Waals surface area contributed by atoms with Gasteiger partial charge in [-0.3, -0.25) is 4.79 Å². The fourth-order valence-electron chi connectivity index (χ4n) is 1.57. The number of hydrogen-bond donors (Lipinski definition) is 2. The van der Waals surface area contributed by atoms with E-state index in [-0.39, 0.29) is 11.6 Å². The Kier molecular flexibility index (Phi) is 2.85. The van der Waals surface area contributed by atoms with Crippen molar-refractivity contribution >= 4 is 17.8 Å². The van der Waals surface area contributed by atoms with E-state index in [2.05, 4.69) is 10.5 Å². The van der Waals surface area contributed by atoms with Crippen LogP contribution in [0.15, 0.2) is 23.4 Å². The Balaban J connectivity index is 2.20. The molecule has 0 unspecified atom stereocenters. The van der Waals surface area contributed by atoms with E-state index in [1.807, 2.05) is 0 Å². The summed E-state index contributed by atoms with van der Waals surface area (Å²) >= 11 is 0. The number of amides is 1. The van der Waals surface area contributed by atoms with Gasteiger partial charge in [0.2, 0.25) is 0 Å². The van der Waals surface area contributed by atoms with Crippen LogP contribution in [0.2, 0.25) is 0 Å². The van der Waals surface area contributed by atoms with E-state index in [1.54, 1.807) is 12.1 Å². The van der Waals surface area contributed by atoms with Crippen molar-refractivity contribution in [3.05, 3.63) is 29.6 Å². The summed E-state index contributed by atoms with van der Waals surface area (Å²) in [5.74, 6) is -0.776. The maximum absolute atomic E-state index is 13.8. The van der Waals surface area contributed by atoms with Crippen LogP contribution in [-0.2, 0) is 4.79 Å². The summed E-state index contributed by atoms with van der Waals surface area (Å²) in [5.41, 5.74) is 0.757. The number of oxime groups is 1. The molecule has 0 heterocycles. The molecule has 1 aromatic rings. The fourth-order valence-corrected chi connectivity index (χ4v) is 1.57. The van der Waals surface area contributed by atoms with Gasteiger partial charge in [0.15, 0.2) is 0 Å². The van der Waals surface area contributed by atoms with Gasteiger partial charge in [-0.25, -0.2) is 4.39 Å². The first-order valence-corrected chi connectivity index (χ1v) is 4.99. The van der Waals surface area contributed by atoms with Crippen LogP contribution in [0.4, 0.5) is 10.1 Å². The number of carbonyl (C=O) groups is 1. The second-order valence-corrected chi connectivity index (χ2v) is 3.72. The van der Waals surface area contributed by atoms with E-state index in [0.717, 1.165) is 12.8 Å². The van der Waals surface area contributed by atoms with Gasteiger partial charge in [0.25, 0.3) is 5.91 Å². The maximum Gasteiger partial charge on any atom is 0.270 e. The number of anilines is 1. The van der Waals surface area contributed by atoms with Gasteiger partial charge in [-0.2, -0.15) is 0 Å². The fraction of sp³-hybridized carbons (Fsp3) is 0.273. The number of nitrogens with zero attached hydrogens (tertiary/aromatic N) is 1. The Bertz CT molecular complexity index is 442. The minimum absolute atomic E-state index is 0.120. The Morgan fingerprint density at radius 3 is 2.94 bits per heavy atom. The molecule has 1 saturated carbocycles. The van der Waals surface area contributed by atoms with Gasteiger partial charge in [-0.15, -0.1) is 0 Å².